The SMILES string of the molecule is [SiH3]Oc1ccccc1-c1ccccc1Cl. The maximum Gasteiger partial charge on any atom is 0.204 e. The molecule has 2 aromatic rings. The maximum absolute atomic E-state index is 6.14. The molecular weight excluding hydrogens is 224 g/mol. The van der Waals surface area contributed by atoms with Gasteiger partial charge in [0.2, 0.25) is 10.5 Å². The van der Waals surface area contributed by atoms with Crippen LogP contribution in [0.25, 0.3) is 11.1 Å². The van der Waals surface area contributed by atoms with E-state index in [0.29, 0.717) is 10.5 Å². The molecule has 0 atom stereocenters. The van der Waals surface area contributed by atoms with Crippen molar-refractivity contribution in [3.8, 4) is 16.9 Å². The summed E-state index contributed by atoms with van der Waals surface area (Å²) in [6.45, 7) is 0. The first-order chi connectivity index (χ1) is 7.33. The van der Waals surface area contributed by atoms with E-state index in [1.54, 1.807) is 0 Å². The predicted octanol–water partition coefficient (Wildman–Crippen LogP) is 2.67. The molecule has 0 aliphatic carbocycles. The van der Waals surface area contributed by atoms with Crippen molar-refractivity contribution in [3.63, 3.8) is 0 Å². The van der Waals surface area contributed by atoms with Crippen LogP contribution in [0.3, 0.4) is 0 Å². The Labute approximate surface area is 97.2 Å². The van der Waals surface area contributed by atoms with Gasteiger partial charge in [0.15, 0.2) is 0 Å². The molecule has 0 saturated heterocycles. The maximum atomic E-state index is 6.14. The molecule has 3 heteroatoms. The van der Waals surface area contributed by atoms with Gasteiger partial charge in [0.1, 0.15) is 5.75 Å². The zero-order valence-electron chi connectivity index (χ0n) is 8.41. The Morgan fingerprint density at radius 1 is 0.867 bits per heavy atom. The van der Waals surface area contributed by atoms with E-state index in [1.165, 1.54) is 0 Å². The minimum absolute atomic E-state index is 0.681. The van der Waals surface area contributed by atoms with Crippen LogP contribution in [0.5, 0.6) is 5.75 Å². The minimum Gasteiger partial charge on any atom is -0.553 e. The predicted molar refractivity (Wildman–Crippen MR) is 67.5 cm³/mol. The van der Waals surface area contributed by atoms with Crippen LogP contribution in [-0.2, 0) is 0 Å². The van der Waals surface area contributed by atoms with E-state index in [-0.39, 0.29) is 0 Å². The second-order valence-electron chi connectivity index (χ2n) is 3.18. The lowest BCUT2D eigenvalue weighted by Crippen LogP contribution is -1.89. The number of halogens is 1. The minimum atomic E-state index is 0.681. The van der Waals surface area contributed by atoms with Gasteiger partial charge in [-0.25, -0.2) is 0 Å². The van der Waals surface area contributed by atoms with Crippen LogP contribution in [0.15, 0.2) is 48.5 Å². The Morgan fingerprint density at radius 3 is 2.13 bits per heavy atom. The fourth-order valence-corrected chi connectivity index (χ4v) is 2.14. The Morgan fingerprint density at radius 2 is 1.47 bits per heavy atom. The molecule has 0 fully saturated rings. The van der Waals surface area contributed by atoms with Crippen LogP contribution in [0, 0.1) is 0 Å². The third-order valence-corrected chi connectivity index (χ3v) is 3.04. The van der Waals surface area contributed by atoms with Crippen molar-refractivity contribution in [2.45, 2.75) is 0 Å². The molecule has 0 spiro atoms. The summed E-state index contributed by atoms with van der Waals surface area (Å²) in [5, 5.41) is 0.753. The summed E-state index contributed by atoms with van der Waals surface area (Å²) in [6.07, 6.45) is 0. The highest BCUT2D eigenvalue weighted by Crippen LogP contribution is 2.33. The van der Waals surface area contributed by atoms with E-state index in [4.69, 9.17) is 16.0 Å². The molecule has 0 bridgehead atoms. The van der Waals surface area contributed by atoms with E-state index in [9.17, 15) is 0 Å². The van der Waals surface area contributed by atoms with Gasteiger partial charge in [-0.05, 0) is 12.1 Å². The third-order valence-electron chi connectivity index (χ3n) is 2.27. The zero-order chi connectivity index (χ0) is 10.7. The molecule has 1 nitrogen and oxygen atoms in total. The summed E-state index contributed by atoms with van der Waals surface area (Å²) in [6, 6.07) is 15.7. The van der Waals surface area contributed by atoms with Crippen LogP contribution >= 0.6 is 11.6 Å². The lowest BCUT2D eigenvalue weighted by Gasteiger charge is -2.09. The molecule has 0 unspecified atom stereocenters. The molecule has 2 rings (SSSR count). The lowest BCUT2D eigenvalue weighted by molar-refractivity contribution is 0.618. The Bertz CT molecular complexity index is 471. The number of hydrogen-bond donors (Lipinski definition) is 0. The van der Waals surface area contributed by atoms with Gasteiger partial charge in [-0.1, -0.05) is 48.0 Å². The molecule has 15 heavy (non-hydrogen) atoms. The highest BCUT2D eigenvalue weighted by molar-refractivity contribution is 6.33. The Hall–Kier alpha value is -1.25. The normalized spacial score (nSPS) is 10.2. The third kappa shape index (κ3) is 2.06. The summed E-state index contributed by atoms with van der Waals surface area (Å²) >= 11 is 6.14. The zero-order valence-corrected chi connectivity index (χ0v) is 11.2. The lowest BCUT2D eigenvalue weighted by atomic mass is 10.1. The summed E-state index contributed by atoms with van der Waals surface area (Å²) in [5.74, 6) is 0.900. The summed E-state index contributed by atoms with van der Waals surface area (Å²) in [5.41, 5.74) is 2.07. The van der Waals surface area contributed by atoms with Crippen LogP contribution in [0.2, 0.25) is 5.02 Å². The molecule has 76 valence electrons. The van der Waals surface area contributed by atoms with Crippen LogP contribution in [-0.4, -0.2) is 10.5 Å². The monoisotopic (exact) mass is 234 g/mol. The van der Waals surface area contributed by atoms with Gasteiger partial charge in [-0.15, -0.1) is 0 Å². The number of hydrogen-bond acceptors (Lipinski definition) is 1. The van der Waals surface area contributed by atoms with Crippen molar-refractivity contribution < 1.29 is 4.43 Å². The number of para-hydroxylation sites is 1. The first-order valence-electron chi connectivity index (χ1n) is 4.71. The van der Waals surface area contributed by atoms with E-state index in [0.717, 1.165) is 21.9 Å². The first-order valence-corrected chi connectivity index (χ1v) is 5.90. The molecule has 2 aromatic carbocycles. The van der Waals surface area contributed by atoms with E-state index in [2.05, 4.69) is 0 Å². The van der Waals surface area contributed by atoms with Crippen molar-refractivity contribution in [2.75, 3.05) is 0 Å². The van der Waals surface area contributed by atoms with Gasteiger partial charge in [0, 0.05) is 16.1 Å². The van der Waals surface area contributed by atoms with Crippen molar-refractivity contribution in [2.24, 2.45) is 0 Å². The second kappa shape index (κ2) is 4.51. The second-order valence-corrected chi connectivity index (χ2v) is 4.00. The van der Waals surface area contributed by atoms with Crippen LogP contribution < -0.4 is 4.43 Å². The van der Waals surface area contributed by atoms with E-state index < -0.39 is 0 Å². The van der Waals surface area contributed by atoms with E-state index in [1.807, 2.05) is 48.5 Å². The molecule has 0 aliphatic heterocycles. The topological polar surface area (TPSA) is 9.23 Å². The molecule has 0 saturated carbocycles. The highest BCUT2D eigenvalue weighted by Gasteiger charge is 2.06. The van der Waals surface area contributed by atoms with Gasteiger partial charge in [-0.2, -0.15) is 0 Å². The van der Waals surface area contributed by atoms with Gasteiger partial charge < -0.3 is 4.43 Å². The van der Waals surface area contributed by atoms with Gasteiger partial charge in [0.25, 0.3) is 0 Å². The van der Waals surface area contributed by atoms with Gasteiger partial charge in [-0.3, -0.25) is 0 Å². The summed E-state index contributed by atoms with van der Waals surface area (Å²) < 4.78 is 5.43. The smallest absolute Gasteiger partial charge is 0.204 e. The summed E-state index contributed by atoms with van der Waals surface area (Å²) in [7, 11) is 0.681. The number of rotatable bonds is 2. The largest absolute Gasteiger partial charge is 0.553 e. The average molecular weight is 235 g/mol. The molecule has 0 aliphatic rings. The highest BCUT2D eigenvalue weighted by atomic mass is 35.5. The van der Waals surface area contributed by atoms with Crippen LogP contribution in [0.1, 0.15) is 0 Å². The Kier molecular flexibility index (Phi) is 3.09. The van der Waals surface area contributed by atoms with E-state index >= 15 is 0 Å². The Balaban J connectivity index is 2.59. The molecule has 0 aromatic heterocycles. The van der Waals surface area contributed by atoms with Gasteiger partial charge in [0.05, 0.1) is 0 Å². The van der Waals surface area contributed by atoms with Gasteiger partial charge >= 0.3 is 0 Å². The van der Waals surface area contributed by atoms with Crippen molar-refractivity contribution >= 4 is 22.1 Å². The summed E-state index contributed by atoms with van der Waals surface area (Å²) in [4.78, 5) is 0. The molecule has 0 amide bonds. The first kappa shape index (κ1) is 10.3. The van der Waals surface area contributed by atoms with Crippen molar-refractivity contribution in [1.82, 2.24) is 0 Å². The average Bonchev–Trinajstić information content (AvgIpc) is 2.30. The van der Waals surface area contributed by atoms with Crippen LogP contribution in [0.4, 0.5) is 0 Å². The fraction of sp³-hybridized carbons (Fsp3) is 0. The number of benzene rings is 2. The molecular formula is C12H11ClOSi. The van der Waals surface area contributed by atoms with Crippen molar-refractivity contribution in [1.29, 1.82) is 0 Å². The van der Waals surface area contributed by atoms with Crippen molar-refractivity contribution in [3.05, 3.63) is 53.6 Å². The standard InChI is InChI=1S/C12H11ClOSi/c13-11-7-3-1-5-9(11)10-6-2-4-8-12(10)14-15/h1-8H,15H3. The quantitative estimate of drug-likeness (QED) is 0.726. The fourth-order valence-electron chi connectivity index (χ4n) is 1.55. The molecule has 0 radical (unpaired) electrons. The molecule has 0 N–H and O–H groups in total. The molecule has 0 heterocycles.